The van der Waals surface area contributed by atoms with Crippen LogP contribution in [0.5, 0.6) is 0 Å². The van der Waals surface area contributed by atoms with Crippen molar-refractivity contribution in [3.8, 4) is 0 Å². The molecule has 30 heavy (non-hydrogen) atoms. The summed E-state index contributed by atoms with van der Waals surface area (Å²) in [7, 11) is 0. The van der Waals surface area contributed by atoms with Crippen LogP contribution in [-0.2, 0) is 27.2 Å². The average Bonchev–Trinajstić information content (AvgIpc) is 3.29. The molecule has 0 unspecified atom stereocenters. The monoisotopic (exact) mass is 430 g/mol. The summed E-state index contributed by atoms with van der Waals surface area (Å²) in [6.45, 7) is 1.90. The minimum atomic E-state index is -1.02. The Morgan fingerprint density at radius 2 is 1.97 bits per heavy atom. The largest absolute Gasteiger partial charge is 0.462 e. The van der Waals surface area contributed by atoms with Crippen LogP contribution in [0, 0.1) is 10.1 Å². The van der Waals surface area contributed by atoms with E-state index in [0.29, 0.717) is 11.1 Å². The van der Waals surface area contributed by atoms with Crippen molar-refractivity contribution in [2.75, 3.05) is 11.9 Å². The number of benzene rings is 1. The molecule has 0 bridgehead atoms. The lowest BCUT2D eigenvalue weighted by molar-refractivity contribution is -0.384. The Balaban J connectivity index is 1.64. The van der Waals surface area contributed by atoms with E-state index >= 15 is 0 Å². The van der Waals surface area contributed by atoms with Gasteiger partial charge in [0.2, 0.25) is 0 Å². The molecule has 0 fully saturated rings. The topological polar surface area (TPSA) is 140 Å². The van der Waals surface area contributed by atoms with Gasteiger partial charge in [0.15, 0.2) is 0 Å². The van der Waals surface area contributed by atoms with Gasteiger partial charge in [0.25, 0.3) is 5.69 Å². The highest BCUT2D eigenvalue weighted by Gasteiger charge is 2.29. The molecule has 2 N–H and O–H groups in total. The van der Waals surface area contributed by atoms with Gasteiger partial charge in [-0.1, -0.05) is 0 Å². The number of thiophene rings is 1. The molecule has 1 aliphatic carbocycles. The Kier molecular flexibility index (Phi) is 6.52. The van der Waals surface area contributed by atoms with Gasteiger partial charge in [0, 0.05) is 17.0 Å². The van der Waals surface area contributed by atoms with Gasteiger partial charge >= 0.3 is 17.8 Å². The second-order valence-electron chi connectivity index (χ2n) is 6.28. The molecule has 2 aromatic rings. The van der Waals surface area contributed by atoms with E-state index in [-0.39, 0.29) is 17.3 Å². The zero-order chi connectivity index (χ0) is 21.7. The van der Waals surface area contributed by atoms with Crippen molar-refractivity contribution in [3.05, 3.63) is 55.9 Å². The fraction of sp³-hybridized carbons (Fsp3) is 0.263. The molecule has 0 radical (unpaired) electrons. The predicted molar refractivity (Wildman–Crippen MR) is 110 cm³/mol. The average molecular weight is 430 g/mol. The summed E-state index contributed by atoms with van der Waals surface area (Å²) in [6, 6.07) is 5.49. The third-order valence-corrected chi connectivity index (χ3v) is 5.53. The summed E-state index contributed by atoms with van der Waals surface area (Å²) in [6.07, 6.45) is 3.72. The molecule has 2 amide bonds. The maximum atomic E-state index is 12.3. The highest BCUT2D eigenvalue weighted by molar-refractivity contribution is 7.17. The van der Waals surface area contributed by atoms with E-state index in [1.54, 1.807) is 6.92 Å². The number of rotatable bonds is 6. The Morgan fingerprint density at radius 3 is 2.63 bits per heavy atom. The minimum absolute atomic E-state index is 0.0733. The van der Waals surface area contributed by atoms with Crippen molar-refractivity contribution in [2.24, 2.45) is 5.10 Å². The first kappa shape index (κ1) is 21.1. The summed E-state index contributed by atoms with van der Waals surface area (Å²) in [5.74, 6) is -2.51. The smallest absolute Gasteiger partial charge is 0.341 e. The fourth-order valence-electron chi connectivity index (χ4n) is 2.97. The van der Waals surface area contributed by atoms with Crippen molar-refractivity contribution in [3.63, 3.8) is 0 Å². The van der Waals surface area contributed by atoms with Crippen molar-refractivity contribution < 1.29 is 24.0 Å². The number of nitro benzene ring substituents is 1. The SMILES string of the molecule is CCOC(=O)c1c(NC(=O)C(=O)NN=Cc2ccc([N+](=O)[O-])cc2)sc2c1CCC2. The van der Waals surface area contributed by atoms with Crippen LogP contribution in [0.4, 0.5) is 10.7 Å². The lowest BCUT2D eigenvalue weighted by Gasteiger charge is -2.07. The molecule has 1 aromatic heterocycles. The number of nitrogens with one attached hydrogen (secondary N) is 2. The van der Waals surface area contributed by atoms with Crippen LogP contribution in [0.2, 0.25) is 0 Å². The second-order valence-corrected chi connectivity index (χ2v) is 7.39. The number of amides is 2. The molecule has 1 heterocycles. The Labute approximate surface area is 175 Å². The van der Waals surface area contributed by atoms with E-state index in [1.165, 1.54) is 41.8 Å². The molecule has 0 spiro atoms. The van der Waals surface area contributed by atoms with Gasteiger partial charge in [0.1, 0.15) is 5.00 Å². The first-order valence-electron chi connectivity index (χ1n) is 9.11. The number of anilines is 1. The number of hydrogen-bond acceptors (Lipinski definition) is 8. The molecular weight excluding hydrogens is 412 g/mol. The predicted octanol–water partition coefficient (Wildman–Crippen LogP) is 2.41. The maximum Gasteiger partial charge on any atom is 0.341 e. The summed E-state index contributed by atoms with van der Waals surface area (Å²) in [5.41, 5.74) is 3.69. The molecule has 0 saturated carbocycles. The number of ether oxygens (including phenoxy) is 1. The molecule has 0 aliphatic heterocycles. The number of hydrazone groups is 1. The molecule has 0 atom stereocenters. The van der Waals surface area contributed by atoms with Gasteiger partial charge < -0.3 is 10.1 Å². The maximum absolute atomic E-state index is 12.3. The third kappa shape index (κ3) is 4.69. The van der Waals surface area contributed by atoms with Crippen LogP contribution in [0.1, 0.15) is 39.7 Å². The molecule has 0 saturated heterocycles. The van der Waals surface area contributed by atoms with E-state index in [2.05, 4.69) is 15.8 Å². The lowest BCUT2D eigenvalue weighted by atomic mass is 10.1. The van der Waals surface area contributed by atoms with E-state index in [0.717, 1.165) is 29.7 Å². The second kappa shape index (κ2) is 9.27. The van der Waals surface area contributed by atoms with E-state index in [9.17, 15) is 24.5 Å². The molecule has 1 aliphatic rings. The van der Waals surface area contributed by atoms with Crippen LogP contribution in [0.15, 0.2) is 29.4 Å². The van der Waals surface area contributed by atoms with Gasteiger partial charge in [-0.05, 0) is 49.4 Å². The molecule has 11 heteroatoms. The Hall–Kier alpha value is -3.60. The highest BCUT2D eigenvalue weighted by atomic mass is 32.1. The zero-order valence-corrected chi connectivity index (χ0v) is 16.8. The number of hydrogen-bond donors (Lipinski definition) is 2. The van der Waals surface area contributed by atoms with E-state index in [4.69, 9.17) is 4.74 Å². The summed E-state index contributed by atoms with van der Waals surface area (Å²) < 4.78 is 5.08. The van der Waals surface area contributed by atoms with Gasteiger partial charge in [-0.2, -0.15) is 5.10 Å². The standard InChI is InChI=1S/C19H18N4O6S/c1-2-29-19(26)15-13-4-3-5-14(13)30-18(15)21-16(24)17(25)22-20-10-11-6-8-12(9-7-11)23(27)28/h6-10H,2-5H2,1H3,(H,21,24)(H,22,25). The normalized spacial score (nSPS) is 12.4. The summed E-state index contributed by atoms with van der Waals surface area (Å²) in [5, 5.41) is 17.1. The Morgan fingerprint density at radius 1 is 1.23 bits per heavy atom. The molecule has 10 nitrogen and oxygen atoms in total. The highest BCUT2D eigenvalue weighted by Crippen LogP contribution is 2.39. The van der Waals surface area contributed by atoms with Crippen LogP contribution in [0.3, 0.4) is 0 Å². The number of fused-ring (bicyclic) bond motifs is 1. The van der Waals surface area contributed by atoms with E-state index in [1.807, 2.05) is 0 Å². The van der Waals surface area contributed by atoms with Crippen LogP contribution in [0.25, 0.3) is 0 Å². The first-order valence-corrected chi connectivity index (χ1v) is 9.92. The van der Waals surface area contributed by atoms with E-state index < -0.39 is 22.7 Å². The van der Waals surface area contributed by atoms with Crippen LogP contribution in [-0.4, -0.2) is 35.5 Å². The number of esters is 1. The van der Waals surface area contributed by atoms with Crippen LogP contribution >= 0.6 is 11.3 Å². The van der Waals surface area contributed by atoms with Crippen molar-refractivity contribution >= 4 is 46.0 Å². The fourth-order valence-corrected chi connectivity index (χ4v) is 4.24. The number of aryl methyl sites for hydroxylation is 1. The number of non-ortho nitro benzene ring substituents is 1. The summed E-state index contributed by atoms with van der Waals surface area (Å²) in [4.78, 5) is 47.6. The van der Waals surface area contributed by atoms with Crippen molar-refractivity contribution in [1.29, 1.82) is 0 Å². The minimum Gasteiger partial charge on any atom is -0.462 e. The first-order chi connectivity index (χ1) is 14.4. The third-order valence-electron chi connectivity index (χ3n) is 4.32. The molecule has 156 valence electrons. The number of nitrogens with zero attached hydrogens (tertiary/aromatic N) is 2. The molecule has 3 rings (SSSR count). The van der Waals surface area contributed by atoms with Gasteiger partial charge in [-0.25, -0.2) is 10.2 Å². The zero-order valence-electron chi connectivity index (χ0n) is 16.0. The van der Waals surface area contributed by atoms with Crippen LogP contribution < -0.4 is 10.7 Å². The van der Waals surface area contributed by atoms with Crippen molar-refractivity contribution in [1.82, 2.24) is 5.43 Å². The number of carbonyl (C=O) groups excluding carboxylic acids is 3. The van der Waals surface area contributed by atoms with Crippen molar-refractivity contribution in [2.45, 2.75) is 26.2 Å². The molecular formula is C19H18N4O6S. The number of nitro groups is 1. The Bertz CT molecular complexity index is 1030. The van der Waals surface area contributed by atoms with Gasteiger partial charge in [-0.15, -0.1) is 11.3 Å². The van der Waals surface area contributed by atoms with Gasteiger partial charge in [0.05, 0.1) is 23.3 Å². The summed E-state index contributed by atoms with van der Waals surface area (Å²) >= 11 is 1.27. The number of carbonyl (C=O) groups is 3. The quantitative estimate of drug-likeness (QED) is 0.237. The lowest BCUT2D eigenvalue weighted by Crippen LogP contribution is -2.32. The molecule has 1 aromatic carbocycles. The van der Waals surface area contributed by atoms with Gasteiger partial charge in [-0.3, -0.25) is 19.7 Å².